The number of halogens is 4. The summed E-state index contributed by atoms with van der Waals surface area (Å²) >= 11 is 14.4. The van der Waals surface area contributed by atoms with E-state index < -0.39 is 5.82 Å². The molecule has 1 aromatic heterocycles. The van der Waals surface area contributed by atoms with Crippen molar-refractivity contribution < 1.29 is 4.39 Å². The van der Waals surface area contributed by atoms with Gasteiger partial charge in [-0.2, -0.15) is 0 Å². The molecule has 0 aliphatic rings. The molecular formula is C10H5BrCl2FN3O. The molecule has 4 nitrogen and oxygen atoms in total. The van der Waals surface area contributed by atoms with E-state index in [1.807, 2.05) is 0 Å². The van der Waals surface area contributed by atoms with Crippen LogP contribution < -0.4 is 10.9 Å². The van der Waals surface area contributed by atoms with Crippen LogP contribution in [0.2, 0.25) is 10.0 Å². The van der Waals surface area contributed by atoms with Crippen LogP contribution in [0.4, 0.5) is 15.9 Å². The lowest BCUT2D eigenvalue weighted by atomic mass is 10.3. The van der Waals surface area contributed by atoms with Crippen molar-refractivity contribution in [2.45, 2.75) is 0 Å². The number of nitrogens with zero attached hydrogens (tertiary/aromatic N) is 1. The Morgan fingerprint density at radius 1 is 1.33 bits per heavy atom. The minimum Gasteiger partial charge on any atom is -0.339 e. The molecule has 0 aliphatic carbocycles. The number of anilines is 2. The van der Waals surface area contributed by atoms with E-state index in [2.05, 4.69) is 31.2 Å². The molecule has 0 saturated heterocycles. The van der Waals surface area contributed by atoms with Gasteiger partial charge in [-0.1, -0.05) is 23.2 Å². The number of rotatable bonds is 2. The molecule has 0 atom stereocenters. The molecule has 2 aromatic rings. The molecule has 2 rings (SSSR count). The average Bonchev–Trinajstić information content (AvgIpc) is 2.32. The first-order chi connectivity index (χ1) is 8.49. The summed E-state index contributed by atoms with van der Waals surface area (Å²) < 4.78 is 13.4. The second-order valence-electron chi connectivity index (χ2n) is 3.27. The summed E-state index contributed by atoms with van der Waals surface area (Å²) in [6.07, 6.45) is 1.24. The van der Waals surface area contributed by atoms with Gasteiger partial charge in [0.25, 0.3) is 5.56 Å². The maximum absolute atomic E-state index is 13.2. The number of H-pyrrole nitrogens is 1. The summed E-state index contributed by atoms with van der Waals surface area (Å²) in [5.74, 6) is -0.417. The maximum atomic E-state index is 13.2. The standard InChI is InChI=1S/C10H5BrCl2FN3O/c11-7-9(15-3-16-10(7)18)17-4-1-5(12)8(14)6(13)2-4/h1-3H,(H2,15,16,17,18). The Balaban J connectivity index is 2.40. The second kappa shape index (κ2) is 5.26. The van der Waals surface area contributed by atoms with Crippen molar-refractivity contribution >= 4 is 50.6 Å². The van der Waals surface area contributed by atoms with Crippen LogP contribution in [0, 0.1) is 5.82 Å². The highest BCUT2D eigenvalue weighted by atomic mass is 79.9. The van der Waals surface area contributed by atoms with Crippen molar-refractivity contribution in [1.29, 1.82) is 0 Å². The Labute approximate surface area is 119 Å². The molecule has 0 saturated carbocycles. The fourth-order valence-corrected chi connectivity index (χ4v) is 2.04. The summed E-state index contributed by atoms with van der Waals surface area (Å²) in [5, 5.41) is 2.57. The third-order valence-corrected chi connectivity index (χ3v) is 3.33. The summed E-state index contributed by atoms with van der Waals surface area (Å²) in [7, 11) is 0. The van der Waals surface area contributed by atoms with E-state index in [1.165, 1.54) is 18.5 Å². The maximum Gasteiger partial charge on any atom is 0.267 e. The van der Waals surface area contributed by atoms with E-state index in [0.29, 0.717) is 5.69 Å². The van der Waals surface area contributed by atoms with Crippen molar-refractivity contribution in [3.8, 4) is 0 Å². The molecule has 0 radical (unpaired) electrons. The molecule has 0 spiro atoms. The van der Waals surface area contributed by atoms with Crippen LogP contribution in [0.1, 0.15) is 0 Å². The van der Waals surface area contributed by atoms with Crippen LogP contribution in [0.25, 0.3) is 0 Å². The monoisotopic (exact) mass is 351 g/mol. The van der Waals surface area contributed by atoms with E-state index >= 15 is 0 Å². The smallest absolute Gasteiger partial charge is 0.267 e. The molecule has 1 heterocycles. The molecule has 8 heteroatoms. The van der Waals surface area contributed by atoms with Crippen LogP contribution in [-0.4, -0.2) is 9.97 Å². The molecule has 0 bridgehead atoms. The van der Waals surface area contributed by atoms with Gasteiger partial charge in [0.05, 0.1) is 16.4 Å². The Bertz CT molecular complexity index is 639. The second-order valence-corrected chi connectivity index (χ2v) is 4.88. The van der Waals surface area contributed by atoms with Crippen molar-refractivity contribution in [2.24, 2.45) is 0 Å². The number of hydrogen-bond acceptors (Lipinski definition) is 3. The molecule has 18 heavy (non-hydrogen) atoms. The summed E-state index contributed by atoms with van der Waals surface area (Å²) in [6, 6.07) is 2.69. The van der Waals surface area contributed by atoms with Gasteiger partial charge in [0.1, 0.15) is 4.47 Å². The molecule has 94 valence electrons. The normalized spacial score (nSPS) is 10.4. The number of nitrogens with one attached hydrogen (secondary N) is 2. The van der Waals surface area contributed by atoms with E-state index in [-0.39, 0.29) is 25.9 Å². The molecular weight excluding hydrogens is 348 g/mol. The van der Waals surface area contributed by atoms with Gasteiger partial charge in [0, 0.05) is 5.69 Å². The van der Waals surface area contributed by atoms with Crippen molar-refractivity contribution in [3.63, 3.8) is 0 Å². The highest BCUT2D eigenvalue weighted by Crippen LogP contribution is 2.29. The minimum atomic E-state index is -0.693. The van der Waals surface area contributed by atoms with Crippen LogP contribution in [0.3, 0.4) is 0 Å². The molecule has 1 aromatic carbocycles. The first-order valence-corrected chi connectivity index (χ1v) is 6.18. The quantitative estimate of drug-likeness (QED) is 0.810. The number of hydrogen-bond donors (Lipinski definition) is 2. The van der Waals surface area contributed by atoms with Gasteiger partial charge in [-0.05, 0) is 28.1 Å². The molecule has 2 N–H and O–H groups in total. The topological polar surface area (TPSA) is 57.8 Å². The SMILES string of the molecule is O=c1[nH]cnc(Nc2cc(Cl)c(F)c(Cl)c2)c1Br. The van der Waals surface area contributed by atoms with Crippen molar-refractivity contribution in [2.75, 3.05) is 5.32 Å². The zero-order valence-corrected chi connectivity index (χ0v) is 11.7. The zero-order chi connectivity index (χ0) is 13.3. The highest BCUT2D eigenvalue weighted by molar-refractivity contribution is 9.10. The Morgan fingerprint density at radius 3 is 2.56 bits per heavy atom. The molecule has 0 aliphatic heterocycles. The van der Waals surface area contributed by atoms with Crippen LogP contribution >= 0.6 is 39.1 Å². The predicted octanol–water partition coefficient (Wildman–Crippen LogP) is 3.72. The Morgan fingerprint density at radius 2 is 1.94 bits per heavy atom. The third-order valence-electron chi connectivity index (χ3n) is 2.04. The third kappa shape index (κ3) is 2.66. The Hall–Kier alpha value is -1.11. The average molecular weight is 353 g/mol. The molecule has 0 amide bonds. The van der Waals surface area contributed by atoms with E-state index in [0.717, 1.165) is 0 Å². The fraction of sp³-hybridized carbons (Fsp3) is 0. The van der Waals surface area contributed by atoms with Crippen LogP contribution in [0.15, 0.2) is 27.7 Å². The number of aromatic nitrogens is 2. The largest absolute Gasteiger partial charge is 0.339 e. The fourth-order valence-electron chi connectivity index (χ4n) is 1.23. The van der Waals surface area contributed by atoms with Gasteiger partial charge in [-0.25, -0.2) is 9.37 Å². The number of aromatic amines is 1. The molecule has 0 fully saturated rings. The lowest BCUT2D eigenvalue weighted by Crippen LogP contribution is -2.10. The van der Waals surface area contributed by atoms with E-state index in [1.54, 1.807) is 0 Å². The highest BCUT2D eigenvalue weighted by Gasteiger charge is 2.10. The predicted molar refractivity (Wildman–Crippen MR) is 72.3 cm³/mol. The van der Waals surface area contributed by atoms with Crippen LogP contribution in [0.5, 0.6) is 0 Å². The lowest BCUT2D eigenvalue weighted by Gasteiger charge is -2.08. The van der Waals surface area contributed by atoms with Gasteiger partial charge in [-0.15, -0.1) is 0 Å². The Kier molecular flexibility index (Phi) is 3.89. The number of benzene rings is 1. The van der Waals surface area contributed by atoms with E-state index in [9.17, 15) is 9.18 Å². The minimum absolute atomic E-state index is 0.119. The van der Waals surface area contributed by atoms with Gasteiger partial charge in [0.15, 0.2) is 11.6 Å². The lowest BCUT2D eigenvalue weighted by molar-refractivity contribution is 0.629. The summed E-state index contributed by atoms with van der Waals surface area (Å²) in [5.41, 5.74) is 0.0806. The van der Waals surface area contributed by atoms with Crippen molar-refractivity contribution in [1.82, 2.24) is 9.97 Å². The van der Waals surface area contributed by atoms with Gasteiger partial charge >= 0.3 is 0 Å². The van der Waals surface area contributed by atoms with E-state index in [4.69, 9.17) is 23.2 Å². The van der Waals surface area contributed by atoms with Crippen molar-refractivity contribution in [3.05, 3.63) is 49.1 Å². The van der Waals surface area contributed by atoms with Crippen LogP contribution in [-0.2, 0) is 0 Å². The van der Waals surface area contributed by atoms with Gasteiger partial charge in [0.2, 0.25) is 0 Å². The first-order valence-electron chi connectivity index (χ1n) is 4.64. The summed E-state index contributed by atoms with van der Waals surface area (Å²) in [6.45, 7) is 0. The summed E-state index contributed by atoms with van der Waals surface area (Å²) in [4.78, 5) is 17.6. The molecule has 0 unspecified atom stereocenters. The van der Waals surface area contributed by atoms with Gasteiger partial charge < -0.3 is 10.3 Å². The van der Waals surface area contributed by atoms with Gasteiger partial charge in [-0.3, -0.25) is 4.79 Å². The first kappa shape index (κ1) is 13.3. The zero-order valence-electron chi connectivity index (χ0n) is 8.60.